The summed E-state index contributed by atoms with van der Waals surface area (Å²) < 4.78 is 30.3. The smallest absolute Gasteiger partial charge is 0.368 e. The number of nitrogen functional groups attached to an aromatic ring is 1. The fourth-order valence-electron chi connectivity index (χ4n) is 2.50. The molecular formula is C19H23N2O4PS. The molecule has 1 heterocycles. The molecule has 0 saturated carbocycles. The van der Waals surface area contributed by atoms with Gasteiger partial charge in [0.2, 0.25) is 5.88 Å². The summed E-state index contributed by atoms with van der Waals surface area (Å²) in [7, 11) is -3.89. The van der Waals surface area contributed by atoms with Crippen LogP contribution in [0.1, 0.15) is 38.8 Å². The lowest BCUT2D eigenvalue weighted by Crippen LogP contribution is -2.21. The predicted octanol–water partition coefficient (Wildman–Crippen LogP) is 5.11. The molecule has 1 aromatic heterocycles. The second-order valence-corrected chi connectivity index (χ2v) is 8.90. The van der Waals surface area contributed by atoms with E-state index in [9.17, 15) is 9.83 Å². The number of nitriles is 1. The van der Waals surface area contributed by atoms with Crippen LogP contribution in [-0.2, 0) is 13.6 Å². The van der Waals surface area contributed by atoms with Gasteiger partial charge in [0.1, 0.15) is 16.9 Å². The van der Waals surface area contributed by atoms with Gasteiger partial charge in [-0.1, -0.05) is 42.0 Å². The number of hydrogen-bond donors (Lipinski definition) is 1. The summed E-state index contributed by atoms with van der Waals surface area (Å²) in [4.78, 5) is 0. The van der Waals surface area contributed by atoms with E-state index >= 15 is 0 Å². The molecule has 0 saturated heterocycles. The largest absolute Gasteiger partial charge is 0.438 e. The summed E-state index contributed by atoms with van der Waals surface area (Å²) >= 11 is 5.45. The molecule has 0 fully saturated rings. The van der Waals surface area contributed by atoms with Crippen molar-refractivity contribution in [3.05, 3.63) is 39.9 Å². The fraction of sp³-hybridized carbons (Fsp3) is 0.368. The van der Waals surface area contributed by atoms with Crippen LogP contribution < -0.4 is 11.0 Å². The number of rotatable bonds is 6. The molecular weight excluding hydrogens is 383 g/mol. The lowest BCUT2D eigenvalue weighted by Gasteiger charge is -2.24. The maximum Gasteiger partial charge on any atom is 0.368 e. The van der Waals surface area contributed by atoms with E-state index in [-0.39, 0.29) is 27.0 Å². The Bertz CT molecular complexity index is 961. The maximum atomic E-state index is 13.5. The van der Waals surface area contributed by atoms with Gasteiger partial charge in [-0.2, -0.15) is 5.26 Å². The van der Waals surface area contributed by atoms with Crippen molar-refractivity contribution in [2.75, 3.05) is 5.73 Å². The third-order valence-corrected chi connectivity index (χ3v) is 6.46. The summed E-state index contributed by atoms with van der Waals surface area (Å²) in [6.45, 7) is 8.83. The Balaban J connectivity index is 2.76. The fourth-order valence-corrected chi connectivity index (χ4v) is 5.12. The Morgan fingerprint density at radius 1 is 1.15 bits per heavy atom. The van der Waals surface area contributed by atoms with Gasteiger partial charge in [0.25, 0.3) is 0 Å². The van der Waals surface area contributed by atoms with Crippen LogP contribution >= 0.6 is 19.8 Å². The SMILES string of the molecule is Cc1ccc(-c2oc(N)c(P(=O)(OC(C)C)OC(C)C)c(=S)c2C#N)cc1. The van der Waals surface area contributed by atoms with Crippen LogP contribution in [0.25, 0.3) is 11.3 Å². The first-order chi connectivity index (χ1) is 12.6. The van der Waals surface area contributed by atoms with Gasteiger partial charge in [0.05, 0.1) is 16.7 Å². The summed E-state index contributed by atoms with van der Waals surface area (Å²) in [6.07, 6.45) is -0.823. The number of nitrogens with two attached hydrogens (primary N) is 1. The molecule has 0 aliphatic carbocycles. The molecule has 27 heavy (non-hydrogen) atoms. The van der Waals surface area contributed by atoms with Crippen LogP contribution in [0.4, 0.5) is 5.88 Å². The highest BCUT2D eigenvalue weighted by atomic mass is 32.1. The lowest BCUT2D eigenvalue weighted by atomic mass is 10.1. The topological polar surface area (TPSA) is 98.5 Å². The summed E-state index contributed by atoms with van der Waals surface area (Å²) in [6, 6.07) is 9.41. The van der Waals surface area contributed by atoms with Gasteiger partial charge in [-0.3, -0.25) is 4.57 Å². The highest BCUT2D eigenvalue weighted by Gasteiger charge is 2.37. The van der Waals surface area contributed by atoms with Crippen molar-refractivity contribution in [3.63, 3.8) is 0 Å². The first kappa shape index (κ1) is 21.3. The molecule has 2 rings (SSSR count). The van der Waals surface area contributed by atoms with Crippen LogP contribution in [0.2, 0.25) is 0 Å². The normalized spacial score (nSPS) is 11.8. The van der Waals surface area contributed by atoms with Gasteiger partial charge in [0, 0.05) is 5.56 Å². The van der Waals surface area contributed by atoms with Crippen LogP contribution in [-0.4, -0.2) is 12.2 Å². The second-order valence-electron chi connectivity index (χ2n) is 6.63. The number of anilines is 1. The lowest BCUT2D eigenvalue weighted by molar-refractivity contribution is 0.150. The molecule has 0 spiro atoms. The number of hydrogen-bond acceptors (Lipinski definition) is 7. The van der Waals surface area contributed by atoms with Gasteiger partial charge in [0.15, 0.2) is 5.76 Å². The molecule has 0 unspecified atom stereocenters. The second kappa shape index (κ2) is 8.37. The molecule has 0 aliphatic heterocycles. The van der Waals surface area contributed by atoms with Gasteiger partial charge < -0.3 is 19.2 Å². The third-order valence-electron chi connectivity index (χ3n) is 3.51. The van der Waals surface area contributed by atoms with Crippen LogP contribution in [0.5, 0.6) is 0 Å². The number of benzene rings is 1. The van der Waals surface area contributed by atoms with E-state index in [2.05, 4.69) is 0 Å². The van der Waals surface area contributed by atoms with E-state index in [1.807, 2.05) is 25.1 Å². The standard InChI is InChI=1S/C19H23N2O4PS/c1-11(2)24-26(22,25-12(3)4)17-18(27)15(10-20)16(23-19(17)21)14-8-6-13(5)7-9-14/h6-9,11-12H,21H2,1-5H3. The Hall–Kier alpha value is -1.97. The first-order valence-electron chi connectivity index (χ1n) is 8.50. The molecule has 2 aromatic rings. The summed E-state index contributed by atoms with van der Waals surface area (Å²) in [5.74, 6) is 0.0450. The highest BCUT2D eigenvalue weighted by Crippen LogP contribution is 2.52. The van der Waals surface area contributed by atoms with Crippen molar-refractivity contribution >= 4 is 31.0 Å². The molecule has 144 valence electrons. The Kier molecular flexibility index (Phi) is 6.61. The van der Waals surface area contributed by atoms with Crippen molar-refractivity contribution in [2.24, 2.45) is 0 Å². The predicted molar refractivity (Wildman–Crippen MR) is 109 cm³/mol. The van der Waals surface area contributed by atoms with E-state index in [1.54, 1.807) is 39.8 Å². The zero-order valence-corrected chi connectivity index (χ0v) is 17.7. The van der Waals surface area contributed by atoms with Gasteiger partial charge in [-0.05, 0) is 34.6 Å². The monoisotopic (exact) mass is 406 g/mol. The molecule has 0 radical (unpaired) electrons. The van der Waals surface area contributed by atoms with Crippen molar-refractivity contribution in [1.29, 1.82) is 5.26 Å². The quantitative estimate of drug-likeness (QED) is 0.526. The molecule has 0 aliphatic rings. The Morgan fingerprint density at radius 2 is 1.67 bits per heavy atom. The van der Waals surface area contributed by atoms with Crippen molar-refractivity contribution in [3.8, 4) is 17.4 Å². The zero-order chi connectivity index (χ0) is 20.4. The highest BCUT2D eigenvalue weighted by molar-refractivity contribution is 7.73. The van der Waals surface area contributed by atoms with Crippen molar-refractivity contribution in [1.82, 2.24) is 0 Å². The average molecular weight is 406 g/mol. The van der Waals surface area contributed by atoms with E-state index in [1.165, 1.54) is 0 Å². The van der Waals surface area contributed by atoms with E-state index in [4.69, 9.17) is 31.4 Å². The van der Waals surface area contributed by atoms with E-state index in [0.29, 0.717) is 5.56 Å². The number of aryl methyl sites for hydroxylation is 1. The molecule has 0 atom stereocenters. The van der Waals surface area contributed by atoms with Gasteiger partial charge in [-0.25, -0.2) is 0 Å². The minimum Gasteiger partial charge on any atom is -0.438 e. The Morgan fingerprint density at radius 3 is 2.11 bits per heavy atom. The van der Waals surface area contributed by atoms with Crippen LogP contribution in [0.3, 0.4) is 0 Å². The van der Waals surface area contributed by atoms with Gasteiger partial charge in [-0.15, -0.1) is 0 Å². The van der Waals surface area contributed by atoms with Crippen LogP contribution in [0.15, 0.2) is 28.7 Å². The minimum absolute atomic E-state index is 0.0152. The molecule has 6 nitrogen and oxygen atoms in total. The number of nitrogens with zero attached hydrogens (tertiary/aromatic N) is 1. The van der Waals surface area contributed by atoms with E-state index in [0.717, 1.165) is 5.56 Å². The molecule has 0 bridgehead atoms. The van der Waals surface area contributed by atoms with Crippen LogP contribution in [0, 0.1) is 22.8 Å². The summed E-state index contributed by atoms with van der Waals surface area (Å²) in [5, 5.41) is 9.59. The van der Waals surface area contributed by atoms with E-state index < -0.39 is 19.8 Å². The van der Waals surface area contributed by atoms with Crippen molar-refractivity contribution < 1.29 is 18.0 Å². The maximum absolute atomic E-state index is 13.5. The van der Waals surface area contributed by atoms with Gasteiger partial charge >= 0.3 is 7.60 Å². The summed E-state index contributed by atoms with van der Waals surface area (Å²) in [5.41, 5.74) is 7.84. The third kappa shape index (κ3) is 4.66. The minimum atomic E-state index is -3.89. The van der Waals surface area contributed by atoms with Crippen molar-refractivity contribution in [2.45, 2.75) is 46.8 Å². The molecule has 1 aromatic carbocycles. The molecule has 8 heteroatoms. The average Bonchev–Trinajstić information content (AvgIpc) is 2.53. The first-order valence-corrected chi connectivity index (χ1v) is 10.4. The molecule has 2 N–H and O–H groups in total. The zero-order valence-electron chi connectivity index (χ0n) is 16.0. The Labute approximate surface area is 164 Å². The molecule has 0 amide bonds.